The maximum Gasteiger partial charge on any atom is 0.171 e. The number of thiocarbonyl (C=S) groups is 1. The van der Waals surface area contributed by atoms with Crippen molar-refractivity contribution in [1.29, 1.82) is 0 Å². The highest BCUT2D eigenvalue weighted by molar-refractivity contribution is 7.80. The van der Waals surface area contributed by atoms with E-state index in [-0.39, 0.29) is 16.8 Å². The standard InChI is InChI=1S/C11H14F2N2OS/c1-7(6-16-2)14-11(17)15-10-5-8(12)3-4-9(10)13/h3-5,7H,6H2,1-2H3,(H2,14,15,17). The highest BCUT2D eigenvalue weighted by Crippen LogP contribution is 2.14. The Labute approximate surface area is 104 Å². The van der Waals surface area contributed by atoms with Gasteiger partial charge in [0.1, 0.15) is 11.6 Å². The van der Waals surface area contributed by atoms with E-state index in [1.807, 2.05) is 6.92 Å². The first-order valence-electron chi connectivity index (χ1n) is 5.04. The van der Waals surface area contributed by atoms with Gasteiger partial charge in [0, 0.05) is 19.2 Å². The molecular formula is C11H14F2N2OS. The number of hydrogen-bond acceptors (Lipinski definition) is 2. The lowest BCUT2D eigenvalue weighted by Gasteiger charge is -2.16. The molecule has 0 saturated carbocycles. The average Bonchev–Trinajstić information content (AvgIpc) is 2.23. The predicted molar refractivity (Wildman–Crippen MR) is 67.1 cm³/mol. The van der Waals surface area contributed by atoms with Crippen LogP contribution < -0.4 is 10.6 Å². The third-order valence-corrected chi connectivity index (χ3v) is 2.19. The van der Waals surface area contributed by atoms with Gasteiger partial charge in [0.2, 0.25) is 0 Å². The summed E-state index contributed by atoms with van der Waals surface area (Å²) in [6.07, 6.45) is 0. The van der Waals surface area contributed by atoms with Crippen molar-refractivity contribution in [2.75, 3.05) is 19.0 Å². The average molecular weight is 260 g/mol. The summed E-state index contributed by atoms with van der Waals surface area (Å²) in [5.41, 5.74) is 0.00659. The molecule has 0 radical (unpaired) electrons. The normalized spacial score (nSPS) is 12.0. The molecule has 0 aliphatic heterocycles. The van der Waals surface area contributed by atoms with Crippen LogP contribution in [-0.4, -0.2) is 24.9 Å². The maximum atomic E-state index is 13.3. The molecule has 6 heteroatoms. The fraction of sp³-hybridized carbons (Fsp3) is 0.364. The second kappa shape index (κ2) is 6.46. The summed E-state index contributed by atoms with van der Waals surface area (Å²) < 4.78 is 31.1. The zero-order chi connectivity index (χ0) is 12.8. The molecule has 2 N–H and O–H groups in total. The van der Waals surface area contributed by atoms with Gasteiger partial charge in [0.15, 0.2) is 5.11 Å². The monoisotopic (exact) mass is 260 g/mol. The molecule has 0 amide bonds. The number of methoxy groups -OCH3 is 1. The summed E-state index contributed by atoms with van der Waals surface area (Å²) in [7, 11) is 1.57. The number of anilines is 1. The van der Waals surface area contributed by atoms with E-state index in [0.29, 0.717) is 6.61 Å². The van der Waals surface area contributed by atoms with Gasteiger partial charge in [-0.3, -0.25) is 0 Å². The van der Waals surface area contributed by atoms with Crippen LogP contribution in [0.3, 0.4) is 0 Å². The van der Waals surface area contributed by atoms with E-state index < -0.39 is 11.6 Å². The Bertz CT molecular complexity index is 401. The van der Waals surface area contributed by atoms with Gasteiger partial charge in [-0.25, -0.2) is 8.78 Å². The summed E-state index contributed by atoms with van der Waals surface area (Å²) in [6.45, 7) is 2.33. The second-order valence-corrected chi connectivity index (χ2v) is 3.99. The first-order valence-corrected chi connectivity index (χ1v) is 5.45. The molecule has 1 rings (SSSR count). The van der Waals surface area contributed by atoms with E-state index in [9.17, 15) is 8.78 Å². The topological polar surface area (TPSA) is 33.3 Å². The quantitative estimate of drug-likeness (QED) is 0.814. The van der Waals surface area contributed by atoms with Crippen LogP contribution in [0.1, 0.15) is 6.92 Å². The van der Waals surface area contributed by atoms with Crippen LogP contribution in [0.4, 0.5) is 14.5 Å². The fourth-order valence-corrected chi connectivity index (χ4v) is 1.58. The largest absolute Gasteiger partial charge is 0.383 e. The molecule has 0 heterocycles. The van der Waals surface area contributed by atoms with Crippen molar-refractivity contribution in [3.8, 4) is 0 Å². The molecular weight excluding hydrogens is 246 g/mol. The van der Waals surface area contributed by atoms with Crippen molar-refractivity contribution in [2.24, 2.45) is 0 Å². The van der Waals surface area contributed by atoms with Crippen molar-refractivity contribution in [2.45, 2.75) is 13.0 Å². The lowest BCUT2D eigenvalue weighted by molar-refractivity contribution is 0.179. The number of nitrogens with one attached hydrogen (secondary N) is 2. The van der Waals surface area contributed by atoms with Gasteiger partial charge in [-0.15, -0.1) is 0 Å². The summed E-state index contributed by atoms with van der Waals surface area (Å²) in [4.78, 5) is 0. The molecule has 0 fully saturated rings. The van der Waals surface area contributed by atoms with Crippen molar-refractivity contribution < 1.29 is 13.5 Å². The van der Waals surface area contributed by atoms with Crippen LogP contribution in [-0.2, 0) is 4.74 Å². The first-order chi connectivity index (χ1) is 8.02. The van der Waals surface area contributed by atoms with E-state index in [2.05, 4.69) is 10.6 Å². The maximum absolute atomic E-state index is 13.3. The molecule has 1 atom stereocenters. The fourth-order valence-electron chi connectivity index (χ4n) is 1.27. The highest BCUT2D eigenvalue weighted by atomic mass is 32.1. The van der Waals surface area contributed by atoms with Crippen LogP contribution in [0, 0.1) is 11.6 Å². The Morgan fingerprint density at radius 2 is 2.18 bits per heavy atom. The molecule has 1 aromatic carbocycles. The van der Waals surface area contributed by atoms with Gasteiger partial charge >= 0.3 is 0 Å². The van der Waals surface area contributed by atoms with Gasteiger partial charge in [0.05, 0.1) is 12.3 Å². The number of hydrogen-bond donors (Lipinski definition) is 2. The Morgan fingerprint density at radius 3 is 2.82 bits per heavy atom. The lowest BCUT2D eigenvalue weighted by Crippen LogP contribution is -2.38. The Kier molecular flexibility index (Phi) is 5.24. The molecule has 1 aromatic rings. The minimum Gasteiger partial charge on any atom is -0.383 e. The van der Waals surface area contributed by atoms with Crippen LogP contribution in [0.2, 0.25) is 0 Å². The number of rotatable bonds is 4. The third kappa shape index (κ3) is 4.62. The number of halogens is 2. The minimum atomic E-state index is -0.560. The van der Waals surface area contributed by atoms with Gasteiger partial charge in [-0.1, -0.05) is 0 Å². The highest BCUT2D eigenvalue weighted by Gasteiger charge is 2.07. The molecule has 0 spiro atoms. The molecule has 0 aromatic heterocycles. The molecule has 1 unspecified atom stereocenters. The molecule has 0 saturated heterocycles. The van der Waals surface area contributed by atoms with Gasteiger partial charge in [-0.2, -0.15) is 0 Å². The van der Waals surface area contributed by atoms with Crippen molar-refractivity contribution in [3.63, 3.8) is 0 Å². The van der Waals surface area contributed by atoms with Crippen LogP contribution in [0.25, 0.3) is 0 Å². The number of ether oxygens (including phenoxy) is 1. The molecule has 0 aliphatic rings. The van der Waals surface area contributed by atoms with E-state index in [0.717, 1.165) is 18.2 Å². The molecule has 94 valence electrons. The summed E-state index contributed by atoms with van der Waals surface area (Å²) >= 11 is 4.96. The first kappa shape index (κ1) is 13.8. The van der Waals surface area contributed by atoms with E-state index >= 15 is 0 Å². The van der Waals surface area contributed by atoms with Crippen LogP contribution in [0.15, 0.2) is 18.2 Å². The van der Waals surface area contributed by atoms with Crippen molar-refractivity contribution in [3.05, 3.63) is 29.8 Å². The van der Waals surface area contributed by atoms with Crippen molar-refractivity contribution in [1.82, 2.24) is 5.32 Å². The van der Waals surface area contributed by atoms with E-state index in [1.54, 1.807) is 7.11 Å². The second-order valence-electron chi connectivity index (χ2n) is 3.58. The van der Waals surface area contributed by atoms with E-state index in [1.165, 1.54) is 0 Å². The molecule has 17 heavy (non-hydrogen) atoms. The SMILES string of the molecule is COCC(C)NC(=S)Nc1cc(F)ccc1F. The zero-order valence-electron chi connectivity index (χ0n) is 9.59. The Hall–Kier alpha value is -1.27. The summed E-state index contributed by atoms with van der Waals surface area (Å²) in [5, 5.41) is 5.69. The minimum absolute atomic E-state index is 0.00659. The van der Waals surface area contributed by atoms with E-state index in [4.69, 9.17) is 17.0 Å². The van der Waals surface area contributed by atoms with Gasteiger partial charge in [-0.05, 0) is 31.3 Å². The van der Waals surface area contributed by atoms with Gasteiger partial charge in [0.25, 0.3) is 0 Å². The summed E-state index contributed by atoms with van der Waals surface area (Å²) in [6, 6.07) is 3.12. The Morgan fingerprint density at radius 1 is 1.47 bits per heavy atom. The van der Waals surface area contributed by atoms with Crippen LogP contribution in [0.5, 0.6) is 0 Å². The van der Waals surface area contributed by atoms with Crippen LogP contribution >= 0.6 is 12.2 Å². The predicted octanol–water partition coefficient (Wildman–Crippen LogP) is 2.29. The molecule has 0 aliphatic carbocycles. The summed E-state index contributed by atoms with van der Waals surface area (Å²) in [5.74, 6) is -1.09. The smallest absolute Gasteiger partial charge is 0.171 e. The third-order valence-electron chi connectivity index (χ3n) is 1.97. The van der Waals surface area contributed by atoms with Crippen molar-refractivity contribution >= 4 is 23.0 Å². The number of benzene rings is 1. The van der Waals surface area contributed by atoms with Gasteiger partial charge < -0.3 is 15.4 Å². The lowest BCUT2D eigenvalue weighted by atomic mass is 10.3. The molecule has 0 bridgehead atoms. The Balaban J connectivity index is 2.58. The molecule has 3 nitrogen and oxygen atoms in total. The zero-order valence-corrected chi connectivity index (χ0v) is 10.4.